The molecular weight excluding hydrogens is 434 g/mol. The van der Waals surface area contributed by atoms with E-state index in [4.69, 9.17) is 16.3 Å². The predicted molar refractivity (Wildman–Crippen MR) is 121 cm³/mol. The number of rotatable bonds is 7. The first-order chi connectivity index (χ1) is 15.1. The largest absolute Gasteiger partial charge is 0.458 e. The molecule has 158 valence electrons. The highest BCUT2D eigenvalue weighted by Gasteiger charge is 2.35. The Hall–Kier alpha value is -3.10. The molecule has 0 radical (unpaired) electrons. The Balaban J connectivity index is 1.67. The summed E-state index contributed by atoms with van der Waals surface area (Å²) in [5, 5.41) is 9.15. The Morgan fingerprint density at radius 1 is 1.32 bits per heavy atom. The van der Waals surface area contributed by atoms with Gasteiger partial charge < -0.3 is 10.1 Å². The number of allylic oxidation sites excluding steroid dienone is 1. The molecule has 7 nitrogen and oxygen atoms in total. The summed E-state index contributed by atoms with van der Waals surface area (Å²) in [5.41, 5.74) is 2.99. The smallest absolute Gasteiger partial charge is 0.338 e. The minimum atomic E-state index is -0.487. The van der Waals surface area contributed by atoms with Gasteiger partial charge in [0.15, 0.2) is 0 Å². The molecule has 0 saturated heterocycles. The molecule has 31 heavy (non-hydrogen) atoms. The molecule has 1 unspecified atom stereocenters. The second kappa shape index (κ2) is 9.36. The van der Waals surface area contributed by atoms with Crippen LogP contribution in [0.4, 0.5) is 5.95 Å². The molecule has 1 aromatic carbocycles. The minimum absolute atomic E-state index is 0.127. The van der Waals surface area contributed by atoms with E-state index >= 15 is 0 Å². The minimum Gasteiger partial charge on any atom is -0.458 e. The van der Waals surface area contributed by atoms with E-state index in [-0.39, 0.29) is 6.61 Å². The number of nitrogens with one attached hydrogen (secondary N) is 1. The van der Waals surface area contributed by atoms with Gasteiger partial charge in [-0.3, -0.25) is 4.98 Å². The molecule has 1 aliphatic rings. The van der Waals surface area contributed by atoms with Crippen LogP contribution in [-0.2, 0) is 15.3 Å². The summed E-state index contributed by atoms with van der Waals surface area (Å²) in [7, 11) is 0. The summed E-state index contributed by atoms with van der Waals surface area (Å²) in [6.07, 6.45) is 4.90. The average molecular weight is 454 g/mol. The normalized spacial score (nSPS) is 15.2. The van der Waals surface area contributed by atoms with Crippen LogP contribution in [0.15, 0.2) is 77.9 Å². The quantitative estimate of drug-likeness (QED) is 0.317. The van der Waals surface area contributed by atoms with Crippen LogP contribution in [0.1, 0.15) is 24.1 Å². The Morgan fingerprint density at radius 2 is 2.10 bits per heavy atom. The molecule has 0 spiro atoms. The summed E-state index contributed by atoms with van der Waals surface area (Å²) in [6.45, 7) is 5.56. The number of esters is 1. The van der Waals surface area contributed by atoms with Gasteiger partial charge >= 0.3 is 5.97 Å². The molecule has 1 aliphatic heterocycles. The number of aromatic nitrogens is 4. The zero-order chi connectivity index (χ0) is 21.8. The van der Waals surface area contributed by atoms with Crippen molar-refractivity contribution < 1.29 is 9.53 Å². The third-order valence-corrected chi connectivity index (χ3v) is 5.98. The van der Waals surface area contributed by atoms with Gasteiger partial charge in [-0.25, -0.2) is 9.48 Å². The molecular formula is C22H20ClN5O2S. The fourth-order valence-corrected chi connectivity index (χ4v) is 4.40. The monoisotopic (exact) mass is 453 g/mol. The van der Waals surface area contributed by atoms with Crippen molar-refractivity contribution in [2.75, 3.05) is 11.9 Å². The van der Waals surface area contributed by atoms with Crippen LogP contribution in [-0.4, -0.2) is 32.3 Å². The lowest BCUT2D eigenvalue weighted by molar-refractivity contribution is -0.138. The van der Waals surface area contributed by atoms with Crippen molar-refractivity contribution in [2.24, 2.45) is 0 Å². The number of pyridine rings is 1. The van der Waals surface area contributed by atoms with Gasteiger partial charge in [-0.15, -0.1) is 5.10 Å². The number of anilines is 1. The summed E-state index contributed by atoms with van der Waals surface area (Å²) >= 11 is 7.74. The van der Waals surface area contributed by atoms with Gasteiger partial charge in [0.25, 0.3) is 0 Å². The Bertz CT molecular complexity index is 1150. The first kappa shape index (κ1) is 21.1. The molecule has 9 heteroatoms. The van der Waals surface area contributed by atoms with Crippen molar-refractivity contribution in [3.05, 3.63) is 88.9 Å². The van der Waals surface area contributed by atoms with Crippen molar-refractivity contribution in [1.82, 2.24) is 19.7 Å². The molecule has 0 bridgehead atoms. The molecule has 1 N–H and O–H groups in total. The number of hydrogen-bond donors (Lipinski definition) is 1. The van der Waals surface area contributed by atoms with E-state index in [2.05, 4.69) is 27.0 Å². The number of hydrogen-bond acceptors (Lipinski definition) is 7. The zero-order valence-corrected chi connectivity index (χ0v) is 18.4. The van der Waals surface area contributed by atoms with Gasteiger partial charge in [0.1, 0.15) is 12.6 Å². The van der Waals surface area contributed by atoms with Crippen LogP contribution < -0.4 is 5.32 Å². The van der Waals surface area contributed by atoms with Gasteiger partial charge in [-0.05, 0) is 36.2 Å². The fourth-order valence-electron chi connectivity index (χ4n) is 3.28. The van der Waals surface area contributed by atoms with Crippen LogP contribution in [0.25, 0.3) is 0 Å². The van der Waals surface area contributed by atoms with Gasteiger partial charge in [0.2, 0.25) is 11.1 Å². The highest BCUT2D eigenvalue weighted by Crippen LogP contribution is 2.37. The Labute approximate surface area is 189 Å². The number of halogens is 1. The highest BCUT2D eigenvalue weighted by atomic mass is 35.5. The Kier molecular flexibility index (Phi) is 6.39. The SMILES string of the molecule is C=CCOC(=O)C1=C(C)Nc2nc(SCc3ccccc3Cl)nn2C1c1ccncc1. The molecule has 0 saturated carbocycles. The van der Waals surface area contributed by atoms with Gasteiger partial charge in [0, 0.05) is 28.9 Å². The number of fused-ring (bicyclic) bond motifs is 1. The average Bonchev–Trinajstić information content (AvgIpc) is 3.18. The van der Waals surface area contributed by atoms with Crippen molar-refractivity contribution in [3.8, 4) is 0 Å². The predicted octanol–water partition coefficient (Wildman–Crippen LogP) is 4.64. The van der Waals surface area contributed by atoms with E-state index in [1.54, 1.807) is 17.1 Å². The van der Waals surface area contributed by atoms with Gasteiger partial charge in [-0.2, -0.15) is 4.98 Å². The second-order valence-electron chi connectivity index (χ2n) is 6.78. The molecule has 0 amide bonds. The van der Waals surface area contributed by atoms with E-state index in [0.29, 0.717) is 33.2 Å². The molecule has 3 aromatic rings. The maximum absolute atomic E-state index is 12.9. The van der Waals surface area contributed by atoms with Crippen LogP contribution in [0.2, 0.25) is 5.02 Å². The molecule has 0 aliphatic carbocycles. The van der Waals surface area contributed by atoms with Crippen molar-refractivity contribution in [1.29, 1.82) is 0 Å². The number of nitrogens with zero attached hydrogens (tertiary/aromatic N) is 4. The molecule has 1 atom stereocenters. The maximum Gasteiger partial charge on any atom is 0.338 e. The first-order valence-corrected chi connectivity index (χ1v) is 10.9. The van der Waals surface area contributed by atoms with Crippen LogP contribution in [0.5, 0.6) is 0 Å². The van der Waals surface area contributed by atoms with Crippen LogP contribution in [0.3, 0.4) is 0 Å². The first-order valence-electron chi connectivity index (χ1n) is 9.57. The molecule has 2 aromatic heterocycles. The lowest BCUT2D eigenvalue weighted by Gasteiger charge is -2.27. The van der Waals surface area contributed by atoms with Crippen LogP contribution >= 0.6 is 23.4 Å². The van der Waals surface area contributed by atoms with E-state index in [1.165, 1.54) is 17.8 Å². The van der Waals surface area contributed by atoms with E-state index in [1.807, 2.05) is 43.3 Å². The third-order valence-electron chi connectivity index (χ3n) is 4.72. The highest BCUT2D eigenvalue weighted by molar-refractivity contribution is 7.98. The van der Waals surface area contributed by atoms with Gasteiger partial charge in [0.05, 0.1) is 5.57 Å². The van der Waals surface area contributed by atoms with Gasteiger partial charge in [-0.1, -0.05) is 54.2 Å². The molecule has 0 fully saturated rings. The van der Waals surface area contributed by atoms with Crippen LogP contribution in [0, 0.1) is 0 Å². The summed E-state index contributed by atoms with van der Waals surface area (Å²) in [4.78, 5) is 21.6. The molecule has 3 heterocycles. The maximum atomic E-state index is 12.9. The van der Waals surface area contributed by atoms with E-state index in [9.17, 15) is 4.79 Å². The standard InChI is InChI=1S/C22H20ClN5O2S/c1-3-12-30-20(29)18-14(2)25-21-26-22(31-13-16-6-4-5-7-17(16)23)27-28(21)19(18)15-8-10-24-11-9-15/h3-11,19H,1,12-13H2,2H3,(H,25,26,27). The molecule has 4 rings (SSSR count). The lowest BCUT2D eigenvalue weighted by Crippen LogP contribution is -2.29. The number of carbonyl (C=O) groups excluding carboxylic acids is 1. The Morgan fingerprint density at radius 3 is 2.84 bits per heavy atom. The second-order valence-corrected chi connectivity index (χ2v) is 8.13. The summed E-state index contributed by atoms with van der Waals surface area (Å²) < 4.78 is 7.05. The lowest BCUT2D eigenvalue weighted by atomic mass is 9.97. The van der Waals surface area contributed by atoms with E-state index in [0.717, 1.165) is 11.1 Å². The number of thioether (sulfide) groups is 1. The zero-order valence-electron chi connectivity index (χ0n) is 16.8. The number of ether oxygens (including phenoxy) is 1. The number of carbonyl (C=O) groups is 1. The summed E-state index contributed by atoms with van der Waals surface area (Å²) in [5.74, 6) is 0.753. The van der Waals surface area contributed by atoms with Crippen molar-refractivity contribution in [2.45, 2.75) is 23.9 Å². The van der Waals surface area contributed by atoms with E-state index < -0.39 is 12.0 Å². The van der Waals surface area contributed by atoms with Crippen molar-refractivity contribution in [3.63, 3.8) is 0 Å². The van der Waals surface area contributed by atoms with Crippen molar-refractivity contribution >= 4 is 35.3 Å². The fraction of sp³-hybridized carbons (Fsp3) is 0.182. The summed E-state index contributed by atoms with van der Waals surface area (Å²) in [6, 6.07) is 10.9. The third kappa shape index (κ3) is 4.50. The topological polar surface area (TPSA) is 81.9 Å². The number of benzene rings is 1.